The van der Waals surface area contributed by atoms with Gasteiger partial charge < -0.3 is 14.3 Å². The molecule has 0 saturated carbocycles. The van der Waals surface area contributed by atoms with Crippen LogP contribution in [-0.4, -0.2) is 26.1 Å². The summed E-state index contributed by atoms with van der Waals surface area (Å²) in [6, 6.07) is 9.92. The van der Waals surface area contributed by atoms with Gasteiger partial charge in [0.25, 0.3) is 0 Å². The second-order valence-electron chi connectivity index (χ2n) is 3.77. The van der Waals surface area contributed by atoms with Crippen molar-refractivity contribution in [2.24, 2.45) is 5.92 Å². The molecule has 0 bridgehead atoms. The van der Waals surface area contributed by atoms with E-state index in [9.17, 15) is 4.79 Å². The number of ether oxygens (including phenoxy) is 2. The zero-order chi connectivity index (χ0) is 11.8. The molecule has 1 aromatic rings. The van der Waals surface area contributed by atoms with Gasteiger partial charge in [-0.15, -0.1) is 0 Å². The molecular formula is C13H18O3. The Bertz CT molecular complexity index is 297. The summed E-state index contributed by atoms with van der Waals surface area (Å²) < 4.78 is 10.7. The molecule has 3 heteroatoms. The van der Waals surface area contributed by atoms with Crippen LogP contribution in [0.25, 0.3) is 0 Å². The molecule has 0 heterocycles. The monoisotopic (exact) mass is 222 g/mol. The SMILES string of the molecule is CO[C@@H](COCc1ccccc1)[C@@H](C)C=O. The Hall–Kier alpha value is -1.19. The third kappa shape index (κ3) is 4.13. The van der Waals surface area contributed by atoms with Gasteiger partial charge in [0, 0.05) is 13.0 Å². The number of rotatable bonds is 7. The standard InChI is InChI=1S/C13H18O3/c1-11(8-14)13(15-2)10-16-9-12-6-4-3-5-7-12/h3-8,11,13H,9-10H2,1-2H3/t11-,13-/m0/s1. The van der Waals surface area contributed by atoms with Gasteiger partial charge in [-0.25, -0.2) is 0 Å². The van der Waals surface area contributed by atoms with Gasteiger partial charge in [-0.05, 0) is 5.56 Å². The van der Waals surface area contributed by atoms with Crippen LogP contribution in [0.4, 0.5) is 0 Å². The van der Waals surface area contributed by atoms with Crippen molar-refractivity contribution in [1.29, 1.82) is 0 Å². The molecule has 1 rings (SSSR count). The van der Waals surface area contributed by atoms with Gasteiger partial charge in [0.1, 0.15) is 6.29 Å². The van der Waals surface area contributed by atoms with Gasteiger partial charge in [-0.1, -0.05) is 37.3 Å². The van der Waals surface area contributed by atoms with Crippen LogP contribution in [0.15, 0.2) is 30.3 Å². The summed E-state index contributed by atoms with van der Waals surface area (Å²) in [4.78, 5) is 10.6. The first-order valence-corrected chi connectivity index (χ1v) is 5.37. The van der Waals surface area contributed by atoms with Crippen molar-refractivity contribution in [2.45, 2.75) is 19.6 Å². The largest absolute Gasteiger partial charge is 0.378 e. The molecule has 0 aliphatic rings. The molecule has 0 aromatic heterocycles. The first-order valence-electron chi connectivity index (χ1n) is 5.37. The first kappa shape index (κ1) is 12.9. The maximum Gasteiger partial charge on any atom is 0.125 e. The third-order valence-corrected chi connectivity index (χ3v) is 2.50. The molecule has 0 aliphatic heterocycles. The minimum atomic E-state index is -0.166. The van der Waals surface area contributed by atoms with E-state index in [-0.39, 0.29) is 12.0 Å². The van der Waals surface area contributed by atoms with Gasteiger partial charge in [-0.2, -0.15) is 0 Å². The Morgan fingerprint density at radius 2 is 2.00 bits per heavy atom. The zero-order valence-corrected chi connectivity index (χ0v) is 9.76. The Balaban J connectivity index is 2.31. The lowest BCUT2D eigenvalue weighted by Gasteiger charge is -2.18. The lowest BCUT2D eigenvalue weighted by Crippen LogP contribution is -2.27. The van der Waals surface area contributed by atoms with Crippen LogP contribution in [0.5, 0.6) is 0 Å². The Labute approximate surface area is 96.4 Å². The number of hydrogen-bond donors (Lipinski definition) is 0. The Kier molecular flexibility index (Phi) is 5.75. The minimum Gasteiger partial charge on any atom is -0.378 e. The van der Waals surface area contributed by atoms with E-state index in [2.05, 4.69) is 0 Å². The number of methoxy groups -OCH3 is 1. The average Bonchev–Trinajstić information content (AvgIpc) is 2.35. The maximum atomic E-state index is 10.6. The molecule has 0 unspecified atom stereocenters. The number of carbonyl (C=O) groups is 1. The molecule has 0 N–H and O–H groups in total. The first-order chi connectivity index (χ1) is 7.77. The smallest absolute Gasteiger partial charge is 0.125 e. The Morgan fingerprint density at radius 3 is 2.56 bits per heavy atom. The van der Waals surface area contributed by atoms with Crippen molar-refractivity contribution in [3.8, 4) is 0 Å². The number of aldehydes is 1. The topological polar surface area (TPSA) is 35.5 Å². The highest BCUT2D eigenvalue weighted by molar-refractivity contribution is 5.53. The van der Waals surface area contributed by atoms with Crippen LogP contribution in [0.1, 0.15) is 12.5 Å². The quantitative estimate of drug-likeness (QED) is 0.662. The number of hydrogen-bond acceptors (Lipinski definition) is 3. The van der Waals surface area contributed by atoms with Crippen molar-refractivity contribution < 1.29 is 14.3 Å². The van der Waals surface area contributed by atoms with Crippen LogP contribution < -0.4 is 0 Å². The van der Waals surface area contributed by atoms with Crippen LogP contribution >= 0.6 is 0 Å². The highest BCUT2D eigenvalue weighted by atomic mass is 16.5. The molecule has 0 fully saturated rings. The van der Waals surface area contributed by atoms with Crippen LogP contribution in [0.2, 0.25) is 0 Å². The fourth-order valence-corrected chi connectivity index (χ4v) is 1.39. The summed E-state index contributed by atoms with van der Waals surface area (Å²) in [5.74, 6) is -0.138. The van der Waals surface area contributed by atoms with E-state index in [1.807, 2.05) is 37.3 Å². The normalized spacial score (nSPS) is 14.4. The fourth-order valence-electron chi connectivity index (χ4n) is 1.39. The van der Waals surface area contributed by atoms with E-state index < -0.39 is 0 Å². The minimum absolute atomic E-state index is 0.138. The fraction of sp³-hybridized carbons (Fsp3) is 0.462. The molecule has 0 saturated heterocycles. The lowest BCUT2D eigenvalue weighted by molar-refractivity contribution is -0.116. The second kappa shape index (κ2) is 7.14. The molecule has 0 amide bonds. The van der Waals surface area contributed by atoms with E-state index in [0.717, 1.165) is 11.8 Å². The molecule has 16 heavy (non-hydrogen) atoms. The molecule has 88 valence electrons. The average molecular weight is 222 g/mol. The number of carbonyl (C=O) groups excluding carboxylic acids is 1. The molecule has 3 nitrogen and oxygen atoms in total. The third-order valence-electron chi connectivity index (χ3n) is 2.50. The molecule has 0 spiro atoms. The van der Waals surface area contributed by atoms with Gasteiger partial charge in [0.2, 0.25) is 0 Å². The van der Waals surface area contributed by atoms with E-state index in [1.165, 1.54) is 0 Å². The summed E-state index contributed by atoms with van der Waals surface area (Å²) in [5.41, 5.74) is 1.12. The summed E-state index contributed by atoms with van der Waals surface area (Å²) >= 11 is 0. The van der Waals surface area contributed by atoms with Crippen molar-refractivity contribution in [3.63, 3.8) is 0 Å². The van der Waals surface area contributed by atoms with Crippen LogP contribution in [0.3, 0.4) is 0 Å². The summed E-state index contributed by atoms with van der Waals surface area (Å²) in [6.07, 6.45) is 0.723. The highest BCUT2D eigenvalue weighted by Gasteiger charge is 2.15. The van der Waals surface area contributed by atoms with Gasteiger partial charge in [-0.3, -0.25) is 0 Å². The summed E-state index contributed by atoms with van der Waals surface area (Å²) in [5, 5.41) is 0. The van der Waals surface area contributed by atoms with Crippen molar-refractivity contribution in [1.82, 2.24) is 0 Å². The second-order valence-corrected chi connectivity index (χ2v) is 3.77. The van der Waals surface area contributed by atoms with Crippen molar-refractivity contribution >= 4 is 6.29 Å². The van der Waals surface area contributed by atoms with Gasteiger partial charge >= 0.3 is 0 Å². The lowest BCUT2D eigenvalue weighted by atomic mass is 10.1. The number of benzene rings is 1. The van der Waals surface area contributed by atoms with Crippen molar-refractivity contribution in [3.05, 3.63) is 35.9 Å². The Morgan fingerprint density at radius 1 is 1.31 bits per heavy atom. The van der Waals surface area contributed by atoms with E-state index in [4.69, 9.17) is 9.47 Å². The summed E-state index contributed by atoms with van der Waals surface area (Å²) in [7, 11) is 1.59. The molecular weight excluding hydrogens is 204 g/mol. The predicted octanol–water partition coefficient (Wildman–Crippen LogP) is 2.05. The van der Waals surface area contributed by atoms with Crippen molar-refractivity contribution in [2.75, 3.05) is 13.7 Å². The predicted molar refractivity (Wildman–Crippen MR) is 62.1 cm³/mol. The van der Waals surface area contributed by atoms with E-state index in [0.29, 0.717) is 13.2 Å². The molecule has 0 aliphatic carbocycles. The maximum absolute atomic E-state index is 10.6. The van der Waals surface area contributed by atoms with E-state index >= 15 is 0 Å². The van der Waals surface area contributed by atoms with Gasteiger partial charge in [0.15, 0.2) is 0 Å². The summed E-state index contributed by atoms with van der Waals surface area (Å²) in [6.45, 7) is 2.81. The van der Waals surface area contributed by atoms with E-state index in [1.54, 1.807) is 7.11 Å². The molecule has 2 atom stereocenters. The molecule has 0 radical (unpaired) electrons. The van der Waals surface area contributed by atoms with Gasteiger partial charge in [0.05, 0.1) is 19.3 Å². The molecule has 1 aromatic carbocycles. The van der Waals surface area contributed by atoms with Crippen LogP contribution in [-0.2, 0) is 20.9 Å². The van der Waals surface area contributed by atoms with Crippen LogP contribution in [0, 0.1) is 5.92 Å². The zero-order valence-electron chi connectivity index (χ0n) is 9.76. The highest BCUT2D eigenvalue weighted by Crippen LogP contribution is 2.07.